The molecule has 6 nitrogen and oxygen atoms in total. The summed E-state index contributed by atoms with van der Waals surface area (Å²) in [6.07, 6.45) is 52.0. The molecule has 0 saturated carbocycles. The Hall–Kier alpha value is -2.89. The Morgan fingerprint density at radius 3 is 1.11 bits per heavy atom. The van der Waals surface area contributed by atoms with Crippen LogP contribution in [-0.2, 0) is 28.6 Å². The van der Waals surface area contributed by atoms with Gasteiger partial charge in [-0.1, -0.05) is 171 Å². The van der Waals surface area contributed by atoms with E-state index in [1.54, 1.807) is 0 Å². The fourth-order valence-electron chi connectivity index (χ4n) is 5.98. The van der Waals surface area contributed by atoms with Gasteiger partial charge in [0.15, 0.2) is 6.10 Å². The molecule has 0 fully saturated rings. The van der Waals surface area contributed by atoms with Gasteiger partial charge in [0.2, 0.25) is 0 Å². The van der Waals surface area contributed by atoms with E-state index in [1.165, 1.54) is 89.9 Å². The van der Waals surface area contributed by atoms with Gasteiger partial charge in [-0.25, -0.2) is 0 Å². The minimum Gasteiger partial charge on any atom is -0.462 e. The molecule has 0 aliphatic rings. The summed E-state index contributed by atoms with van der Waals surface area (Å²) in [4.78, 5) is 37.7. The number of carbonyl (C=O) groups is 3. The van der Waals surface area contributed by atoms with Gasteiger partial charge in [0.25, 0.3) is 0 Å². The number of hydrogen-bond donors (Lipinski definition) is 0. The first kappa shape index (κ1) is 52.1. The number of esters is 3. The minimum absolute atomic E-state index is 0.0940. The number of carbonyl (C=O) groups excluding carboxylic acids is 3. The number of hydrogen-bond acceptors (Lipinski definition) is 6. The van der Waals surface area contributed by atoms with Gasteiger partial charge in [0.1, 0.15) is 13.2 Å². The zero-order valence-electron chi connectivity index (χ0n) is 35.9. The average molecular weight is 769 g/mol. The standard InChI is InChI=1S/C49H84O6/c1-4-7-10-13-16-19-22-23-24-25-28-30-33-36-39-42-48(51)54-45-46(55-49(52)43-40-37-34-31-27-21-18-15-12-9-6-3)44-53-47(50)41-38-35-32-29-26-20-17-14-11-8-5-2/h14-19,21-23,27,46H,4-13,20,24-26,28-45H2,1-3H3/b17-14-,18-15-,19-16-,23-22-,27-21-. The third kappa shape index (κ3) is 42.1. The fraction of sp³-hybridized carbons (Fsp3) is 0.735. The third-order valence-corrected chi connectivity index (χ3v) is 9.52. The zero-order valence-corrected chi connectivity index (χ0v) is 35.9. The molecular formula is C49H84O6. The lowest BCUT2D eigenvalue weighted by Gasteiger charge is -2.18. The zero-order chi connectivity index (χ0) is 40.1. The Morgan fingerprint density at radius 2 is 0.673 bits per heavy atom. The second-order valence-corrected chi connectivity index (χ2v) is 15.0. The van der Waals surface area contributed by atoms with Crippen LogP contribution in [-0.4, -0.2) is 37.2 Å². The van der Waals surface area contributed by atoms with Crippen molar-refractivity contribution in [2.24, 2.45) is 0 Å². The SMILES string of the molecule is CCCC/C=C\C=C/CCCCCC(=O)OC(COC(=O)CCCCCCC/C=C\CCCC)COC(=O)CCCCCCCC/C=C\C=C/CCCCC. The van der Waals surface area contributed by atoms with E-state index in [4.69, 9.17) is 14.2 Å². The van der Waals surface area contributed by atoms with Gasteiger partial charge in [0.05, 0.1) is 0 Å². The molecular weight excluding hydrogens is 685 g/mol. The van der Waals surface area contributed by atoms with Gasteiger partial charge in [-0.05, 0) is 83.5 Å². The van der Waals surface area contributed by atoms with Gasteiger partial charge in [-0.3, -0.25) is 14.4 Å². The van der Waals surface area contributed by atoms with Crippen LogP contribution in [0.15, 0.2) is 60.8 Å². The van der Waals surface area contributed by atoms with Crippen LogP contribution in [0, 0.1) is 0 Å². The van der Waals surface area contributed by atoms with Crippen molar-refractivity contribution in [3.05, 3.63) is 60.8 Å². The summed E-state index contributed by atoms with van der Waals surface area (Å²) >= 11 is 0. The second-order valence-electron chi connectivity index (χ2n) is 15.0. The Balaban J connectivity index is 4.43. The van der Waals surface area contributed by atoms with Crippen LogP contribution in [0.25, 0.3) is 0 Å². The van der Waals surface area contributed by atoms with E-state index in [-0.39, 0.29) is 31.1 Å². The topological polar surface area (TPSA) is 78.9 Å². The van der Waals surface area contributed by atoms with E-state index >= 15 is 0 Å². The average Bonchev–Trinajstić information content (AvgIpc) is 3.18. The van der Waals surface area contributed by atoms with Crippen LogP contribution < -0.4 is 0 Å². The van der Waals surface area contributed by atoms with E-state index in [0.29, 0.717) is 19.3 Å². The van der Waals surface area contributed by atoms with Crippen molar-refractivity contribution in [2.75, 3.05) is 13.2 Å². The van der Waals surface area contributed by atoms with E-state index in [9.17, 15) is 14.4 Å². The van der Waals surface area contributed by atoms with Crippen molar-refractivity contribution in [1.82, 2.24) is 0 Å². The first-order valence-corrected chi connectivity index (χ1v) is 22.8. The van der Waals surface area contributed by atoms with Crippen LogP contribution in [0.5, 0.6) is 0 Å². The number of rotatable bonds is 40. The highest BCUT2D eigenvalue weighted by molar-refractivity contribution is 5.71. The van der Waals surface area contributed by atoms with Crippen LogP contribution in [0.4, 0.5) is 0 Å². The third-order valence-electron chi connectivity index (χ3n) is 9.52. The van der Waals surface area contributed by atoms with Gasteiger partial charge >= 0.3 is 17.9 Å². The Labute approximate surface area is 339 Å². The van der Waals surface area contributed by atoms with Crippen LogP contribution in [0.2, 0.25) is 0 Å². The van der Waals surface area contributed by atoms with Crippen molar-refractivity contribution >= 4 is 17.9 Å². The van der Waals surface area contributed by atoms with Gasteiger partial charge in [-0.2, -0.15) is 0 Å². The molecule has 55 heavy (non-hydrogen) atoms. The molecule has 0 N–H and O–H groups in total. The summed E-state index contributed by atoms with van der Waals surface area (Å²) < 4.78 is 16.7. The summed E-state index contributed by atoms with van der Waals surface area (Å²) in [6, 6.07) is 0. The van der Waals surface area contributed by atoms with E-state index in [0.717, 1.165) is 83.5 Å². The maximum absolute atomic E-state index is 12.7. The fourth-order valence-corrected chi connectivity index (χ4v) is 5.98. The van der Waals surface area contributed by atoms with E-state index in [1.807, 2.05) is 0 Å². The molecule has 0 aromatic carbocycles. The summed E-state index contributed by atoms with van der Waals surface area (Å²) in [5.74, 6) is -0.948. The van der Waals surface area contributed by atoms with Crippen molar-refractivity contribution < 1.29 is 28.6 Å². The second kappa shape index (κ2) is 43.8. The molecule has 0 aromatic heterocycles. The van der Waals surface area contributed by atoms with Crippen molar-refractivity contribution in [3.63, 3.8) is 0 Å². The van der Waals surface area contributed by atoms with Crippen molar-refractivity contribution in [2.45, 2.75) is 219 Å². The Morgan fingerprint density at radius 1 is 0.364 bits per heavy atom. The molecule has 0 aliphatic heterocycles. The van der Waals surface area contributed by atoms with Crippen LogP contribution in [0.1, 0.15) is 213 Å². The molecule has 0 bridgehead atoms. The van der Waals surface area contributed by atoms with Gasteiger partial charge < -0.3 is 14.2 Å². The first-order chi connectivity index (χ1) is 27.0. The summed E-state index contributed by atoms with van der Waals surface area (Å²) in [6.45, 7) is 6.46. The number of allylic oxidation sites excluding steroid dienone is 10. The van der Waals surface area contributed by atoms with Crippen LogP contribution >= 0.6 is 0 Å². The molecule has 0 saturated heterocycles. The highest BCUT2D eigenvalue weighted by atomic mass is 16.6. The Kier molecular flexibility index (Phi) is 41.5. The molecule has 0 amide bonds. The van der Waals surface area contributed by atoms with Crippen LogP contribution in [0.3, 0.4) is 0 Å². The predicted octanol–water partition coefficient (Wildman–Crippen LogP) is 14.5. The molecule has 0 radical (unpaired) electrons. The molecule has 1 atom stereocenters. The molecule has 1 unspecified atom stereocenters. The predicted molar refractivity (Wildman–Crippen MR) is 233 cm³/mol. The molecule has 0 aromatic rings. The molecule has 0 aliphatic carbocycles. The largest absolute Gasteiger partial charge is 0.462 e. The van der Waals surface area contributed by atoms with Gasteiger partial charge in [-0.15, -0.1) is 0 Å². The molecule has 0 spiro atoms. The maximum Gasteiger partial charge on any atom is 0.306 e. The summed E-state index contributed by atoms with van der Waals surface area (Å²) in [7, 11) is 0. The normalized spacial score (nSPS) is 12.6. The minimum atomic E-state index is -0.793. The van der Waals surface area contributed by atoms with Crippen molar-refractivity contribution in [3.8, 4) is 0 Å². The van der Waals surface area contributed by atoms with Crippen molar-refractivity contribution in [1.29, 1.82) is 0 Å². The monoisotopic (exact) mass is 769 g/mol. The molecule has 6 heteroatoms. The Bertz CT molecular complexity index is 1020. The van der Waals surface area contributed by atoms with Gasteiger partial charge in [0, 0.05) is 19.3 Å². The molecule has 0 heterocycles. The highest BCUT2D eigenvalue weighted by Gasteiger charge is 2.19. The molecule has 316 valence electrons. The molecule has 0 rings (SSSR count). The summed E-state index contributed by atoms with van der Waals surface area (Å²) in [5.41, 5.74) is 0. The highest BCUT2D eigenvalue weighted by Crippen LogP contribution is 2.13. The quantitative estimate of drug-likeness (QED) is 0.0203. The maximum atomic E-state index is 12.7. The first-order valence-electron chi connectivity index (χ1n) is 22.8. The van der Waals surface area contributed by atoms with E-state index < -0.39 is 6.10 Å². The van der Waals surface area contributed by atoms with E-state index in [2.05, 4.69) is 81.5 Å². The lowest BCUT2D eigenvalue weighted by Crippen LogP contribution is -2.30. The summed E-state index contributed by atoms with van der Waals surface area (Å²) in [5, 5.41) is 0. The smallest absolute Gasteiger partial charge is 0.306 e. The lowest BCUT2D eigenvalue weighted by atomic mass is 10.1. The number of ether oxygens (including phenoxy) is 3. The number of unbranched alkanes of at least 4 members (excludes halogenated alkanes) is 21. The lowest BCUT2D eigenvalue weighted by molar-refractivity contribution is -0.167.